The highest BCUT2D eigenvalue weighted by Gasteiger charge is 2.22. The largest absolute Gasteiger partial charge is 0.378 e. The monoisotopic (exact) mass is 299 g/mol. The molecule has 21 heavy (non-hydrogen) atoms. The number of likely N-dealkylation sites (tertiary alicyclic amines) is 1. The summed E-state index contributed by atoms with van der Waals surface area (Å²) in [7, 11) is 0. The van der Waals surface area contributed by atoms with Crippen molar-refractivity contribution in [1.29, 1.82) is 0 Å². The van der Waals surface area contributed by atoms with E-state index >= 15 is 0 Å². The van der Waals surface area contributed by atoms with E-state index in [1.165, 1.54) is 0 Å². The first kappa shape index (κ1) is 18.4. The van der Waals surface area contributed by atoms with E-state index in [2.05, 4.69) is 18.7 Å². The number of carbonyl (C=O) groups is 1. The zero-order valence-electron chi connectivity index (χ0n) is 13.9. The van der Waals surface area contributed by atoms with Crippen molar-refractivity contribution in [3.8, 4) is 0 Å². The van der Waals surface area contributed by atoms with E-state index in [-0.39, 0.29) is 5.91 Å². The summed E-state index contributed by atoms with van der Waals surface area (Å²) in [6.07, 6.45) is 5.40. The average Bonchev–Trinajstić information content (AvgIpc) is 2.49. The van der Waals surface area contributed by atoms with E-state index in [9.17, 15) is 4.79 Å². The molecule has 0 aromatic carbocycles. The Balaban J connectivity index is 2.25. The fraction of sp³-hybridized carbons (Fsp3) is 0.938. The van der Waals surface area contributed by atoms with Crippen LogP contribution in [0.1, 0.15) is 46.0 Å². The van der Waals surface area contributed by atoms with Crippen LogP contribution in [0.3, 0.4) is 0 Å². The first-order valence-corrected chi connectivity index (χ1v) is 8.53. The normalized spacial score (nSPS) is 17.1. The molecule has 1 rings (SSSR count). The maximum Gasteiger partial charge on any atom is 0.236 e. The Labute approximate surface area is 129 Å². The number of hydrogen-bond donors (Lipinski definition) is 1. The molecule has 0 radical (unpaired) electrons. The lowest BCUT2D eigenvalue weighted by atomic mass is 10.1. The summed E-state index contributed by atoms with van der Waals surface area (Å²) >= 11 is 0. The van der Waals surface area contributed by atoms with Crippen LogP contribution in [0.15, 0.2) is 0 Å². The molecule has 0 aliphatic carbocycles. The summed E-state index contributed by atoms with van der Waals surface area (Å²) < 4.78 is 5.80. The highest BCUT2D eigenvalue weighted by Crippen LogP contribution is 2.14. The smallest absolute Gasteiger partial charge is 0.236 e. The zero-order valence-corrected chi connectivity index (χ0v) is 13.9. The zero-order chi connectivity index (χ0) is 15.5. The van der Waals surface area contributed by atoms with Crippen LogP contribution in [0.25, 0.3) is 0 Å². The van der Waals surface area contributed by atoms with Gasteiger partial charge in [0.25, 0.3) is 0 Å². The number of nitrogens with zero attached hydrogens (tertiary/aromatic N) is 2. The van der Waals surface area contributed by atoms with Crippen LogP contribution in [-0.2, 0) is 9.53 Å². The third kappa shape index (κ3) is 7.25. The summed E-state index contributed by atoms with van der Waals surface area (Å²) in [4.78, 5) is 16.6. The topological polar surface area (TPSA) is 58.8 Å². The molecule has 1 aliphatic heterocycles. The number of rotatable bonds is 10. The number of nitrogens with two attached hydrogens (primary N) is 1. The number of ether oxygens (including phenoxy) is 1. The molecule has 124 valence electrons. The van der Waals surface area contributed by atoms with Gasteiger partial charge in [0.1, 0.15) is 0 Å². The summed E-state index contributed by atoms with van der Waals surface area (Å²) in [5.41, 5.74) is 5.47. The minimum atomic E-state index is 0.279. The molecule has 0 aromatic heterocycles. The summed E-state index contributed by atoms with van der Waals surface area (Å²) in [5.74, 6) is 0.279. The molecule has 5 nitrogen and oxygen atoms in total. The van der Waals surface area contributed by atoms with Gasteiger partial charge in [0.05, 0.1) is 12.6 Å². The number of carbonyl (C=O) groups excluding carboxylic acids is 1. The van der Waals surface area contributed by atoms with Crippen molar-refractivity contribution in [3.63, 3.8) is 0 Å². The minimum Gasteiger partial charge on any atom is -0.378 e. The minimum absolute atomic E-state index is 0.279. The van der Waals surface area contributed by atoms with Crippen molar-refractivity contribution >= 4 is 5.91 Å². The maximum absolute atomic E-state index is 12.3. The Kier molecular flexibility index (Phi) is 9.63. The van der Waals surface area contributed by atoms with Gasteiger partial charge in [-0.15, -0.1) is 0 Å². The fourth-order valence-electron chi connectivity index (χ4n) is 2.76. The predicted octanol–water partition coefficient (Wildman–Crippen LogP) is 1.46. The molecule has 0 saturated carbocycles. The second-order valence-corrected chi connectivity index (χ2v) is 5.87. The molecule has 0 bridgehead atoms. The van der Waals surface area contributed by atoms with Crippen molar-refractivity contribution in [2.24, 2.45) is 5.73 Å². The lowest BCUT2D eigenvalue weighted by Crippen LogP contribution is -2.45. The van der Waals surface area contributed by atoms with Gasteiger partial charge < -0.3 is 15.4 Å². The number of hydrogen-bond acceptors (Lipinski definition) is 4. The molecule has 0 unspecified atom stereocenters. The average molecular weight is 299 g/mol. The predicted molar refractivity (Wildman–Crippen MR) is 86.2 cm³/mol. The van der Waals surface area contributed by atoms with Crippen molar-refractivity contribution in [1.82, 2.24) is 9.80 Å². The van der Waals surface area contributed by atoms with E-state index < -0.39 is 0 Å². The molecular weight excluding hydrogens is 266 g/mol. The molecule has 1 fully saturated rings. The van der Waals surface area contributed by atoms with Crippen molar-refractivity contribution in [2.75, 3.05) is 45.9 Å². The third-order valence-electron chi connectivity index (χ3n) is 3.94. The highest BCUT2D eigenvalue weighted by molar-refractivity contribution is 5.78. The molecule has 1 saturated heterocycles. The van der Waals surface area contributed by atoms with Gasteiger partial charge in [0, 0.05) is 32.8 Å². The lowest BCUT2D eigenvalue weighted by Gasteiger charge is -2.33. The standard InChI is InChI=1S/C16H33N3O2/c1-3-9-19(10-4-2)16(20)14-18-11-6-15(7-12-18)21-13-5-8-17/h15H,3-14,17H2,1-2H3. The fourth-order valence-corrected chi connectivity index (χ4v) is 2.76. The van der Waals surface area contributed by atoms with Gasteiger partial charge >= 0.3 is 0 Å². The maximum atomic E-state index is 12.3. The van der Waals surface area contributed by atoms with Gasteiger partial charge in [0.15, 0.2) is 0 Å². The van der Waals surface area contributed by atoms with Crippen LogP contribution in [0.2, 0.25) is 0 Å². The second kappa shape index (κ2) is 11.0. The Hall–Kier alpha value is -0.650. The van der Waals surface area contributed by atoms with Crippen LogP contribution in [0.5, 0.6) is 0 Å². The molecule has 0 spiro atoms. The Morgan fingerprint density at radius 1 is 1.24 bits per heavy atom. The van der Waals surface area contributed by atoms with Crippen LogP contribution in [-0.4, -0.2) is 67.7 Å². The van der Waals surface area contributed by atoms with Gasteiger partial charge in [0.2, 0.25) is 5.91 Å². The van der Waals surface area contributed by atoms with Crippen molar-refractivity contribution < 1.29 is 9.53 Å². The SMILES string of the molecule is CCCN(CCC)C(=O)CN1CCC(OCCCN)CC1. The van der Waals surface area contributed by atoms with Crippen molar-refractivity contribution in [2.45, 2.75) is 52.1 Å². The first-order chi connectivity index (χ1) is 10.2. The van der Waals surface area contributed by atoms with E-state index in [0.717, 1.165) is 64.9 Å². The molecule has 1 heterocycles. The van der Waals surface area contributed by atoms with Crippen molar-refractivity contribution in [3.05, 3.63) is 0 Å². The van der Waals surface area contributed by atoms with Crippen LogP contribution < -0.4 is 5.73 Å². The van der Waals surface area contributed by atoms with Crippen LogP contribution >= 0.6 is 0 Å². The molecule has 0 atom stereocenters. The van der Waals surface area contributed by atoms with E-state index in [1.807, 2.05) is 4.90 Å². The number of amides is 1. The summed E-state index contributed by atoms with van der Waals surface area (Å²) in [5, 5.41) is 0. The molecule has 1 aliphatic rings. The lowest BCUT2D eigenvalue weighted by molar-refractivity contribution is -0.133. The van der Waals surface area contributed by atoms with E-state index in [0.29, 0.717) is 19.2 Å². The highest BCUT2D eigenvalue weighted by atomic mass is 16.5. The van der Waals surface area contributed by atoms with Gasteiger partial charge in [-0.2, -0.15) is 0 Å². The van der Waals surface area contributed by atoms with Gasteiger partial charge in [-0.25, -0.2) is 0 Å². The summed E-state index contributed by atoms with van der Waals surface area (Å²) in [6.45, 7) is 9.96. The third-order valence-corrected chi connectivity index (χ3v) is 3.94. The number of piperidine rings is 1. The molecular formula is C16H33N3O2. The Morgan fingerprint density at radius 3 is 2.38 bits per heavy atom. The molecule has 0 aromatic rings. The van der Waals surface area contributed by atoms with E-state index in [4.69, 9.17) is 10.5 Å². The second-order valence-electron chi connectivity index (χ2n) is 5.87. The summed E-state index contributed by atoms with van der Waals surface area (Å²) in [6, 6.07) is 0. The first-order valence-electron chi connectivity index (χ1n) is 8.53. The van der Waals surface area contributed by atoms with Crippen LogP contribution in [0.4, 0.5) is 0 Å². The Bertz CT molecular complexity index is 273. The molecule has 1 amide bonds. The van der Waals surface area contributed by atoms with Gasteiger partial charge in [-0.05, 0) is 38.6 Å². The van der Waals surface area contributed by atoms with Crippen LogP contribution in [0, 0.1) is 0 Å². The Morgan fingerprint density at radius 2 is 1.86 bits per heavy atom. The molecule has 2 N–H and O–H groups in total. The quantitative estimate of drug-likeness (QED) is 0.621. The van der Waals surface area contributed by atoms with Gasteiger partial charge in [-0.3, -0.25) is 9.69 Å². The van der Waals surface area contributed by atoms with Gasteiger partial charge in [-0.1, -0.05) is 13.8 Å². The molecule has 5 heteroatoms. The van der Waals surface area contributed by atoms with E-state index in [1.54, 1.807) is 0 Å².